The Kier molecular flexibility index (Phi) is 6.45. The van der Waals surface area contributed by atoms with Crippen molar-refractivity contribution in [2.75, 3.05) is 44.2 Å². The molecule has 0 aliphatic carbocycles. The van der Waals surface area contributed by atoms with Crippen molar-refractivity contribution in [2.24, 2.45) is 11.1 Å². The number of likely N-dealkylation sites (N-methyl/N-ethyl adjacent to an activating group) is 1. The third-order valence-electron chi connectivity index (χ3n) is 3.90. The zero-order valence-corrected chi connectivity index (χ0v) is 13.4. The smallest absolute Gasteiger partial charge is 0.0401 e. The van der Waals surface area contributed by atoms with E-state index in [9.17, 15) is 0 Å². The largest absolute Gasteiger partial charge is 0.329 e. The summed E-state index contributed by atoms with van der Waals surface area (Å²) in [7, 11) is 0. The Morgan fingerprint density at radius 3 is 2.39 bits per heavy atom. The molecule has 0 aromatic carbocycles. The molecular formula is C14H31N3S. The van der Waals surface area contributed by atoms with Crippen LogP contribution in [-0.2, 0) is 0 Å². The summed E-state index contributed by atoms with van der Waals surface area (Å²) < 4.78 is 0. The quantitative estimate of drug-likeness (QED) is 0.742. The Balaban J connectivity index is 2.45. The molecule has 1 rings (SSSR count). The van der Waals surface area contributed by atoms with Crippen molar-refractivity contribution in [3.8, 4) is 0 Å². The van der Waals surface area contributed by atoms with Gasteiger partial charge in [-0.05, 0) is 30.7 Å². The van der Waals surface area contributed by atoms with Crippen molar-refractivity contribution < 1.29 is 0 Å². The molecule has 4 heteroatoms. The first-order valence-electron chi connectivity index (χ1n) is 7.22. The van der Waals surface area contributed by atoms with E-state index in [0.29, 0.717) is 5.41 Å². The molecular weight excluding hydrogens is 242 g/mol. The number of nitrogens with one attached hydrogen (secondary N) is 1. The molecule has 3 N–H and O–H groups in total. The van der Waals surface area contributed by atoms with Crippen LogP contribution < -0.4 is 11.1 Å². The number of nitrogens with two attached hydrogens (primary N) is 1. The predicted molar refractivity (Wildman–Crippen MR) is 83.3 cm³/mol. The maximum absolute atomic E-state index is 6.05. The summed E-state index contributed by atoms with van der Waals surface area (Å²) >= 11 is 2.05. The van der Waals surface area contributed by atoms with Gasteiger partial charge in [-0.25, -0.2) is 0 Å². The van der Waals surface area contributed by atoms with Crippen LogP contribution in [0.15, 0.2) is 0 Å². The molecule has 18 heavy (non-hydrogen) atoms. The van der Waals surface area contributed by atoms with Crippen LogP contribution in [0.2, 0.25) is 0 Å². The van der Waals surface area contributed by atoms with Gasteiger partial charge in [0.2, 0.25) is 0 Å². The maximum Gasteiger partial charge on any atom is 0.0401 e. The van der Waals surface area contributed by atoms with Crippen LogP contribution in [0.5, 0.6) is 0 Å². The van der Waals surface area contributed by atoms with Gasteiger partial charge in [0.25, 0.3) is 0 Å². The summed E-state index contributed by atoms with van der Waals surface area (Å²) in [4.78, 5) is 2.46. The molecule has 0 spiro atoms. The van der Waals surface area contributed by atoms with E-state index in [4.69, 9.17) is 5.73 Å². The molecule has 0 saturated carbocycles. The summed E-state index contributed by atoms with van der Waals surface area (Å²) in [6.45, 7) is 14.4. The number of thioether (sulfide) groups is 1. The molecule has 1 atom stereocenters. The van der Waals surface area contributed by atoms with Gasteiger partial charge in [0, 0.05) is 30.9 Å². The minimum atomic E-state index is 0.152. The Morgan fingerprint density at radius 2 is 1.89 bits per heavy atom. The van der Waals surface area contributed by atoms with Gasteiger partial charge < -0.3 is 16.0 Å². The van der Waals surface area contributed by atoms with E-state index >= 15 is 0 Å². The second-order valence-electron chi connectivity index (χ2n) is 6.27. The van der Waals surface area contributed by atoms with Crippen LogP contribution in [0.4, 0.5) is 0 Å². The zero-order chi connectivity index (χ0) is 13.6. The Labute approximate surface area is 117 Å². The van der Waals surface area contributed by atoms with Crippen molar-refractivity contribution >= 4 is 11.8 Å². The molecule has 1 aliphatic rings. The van der Waals surface area contributed by atoms with Crippen molar-refractivity contribution in [1.82, 2.24) is 10.2 Å². The lowest BCUT2D eigenvalue weighted by molar-refractivity contribution is 0.214. The SMILES string of the molecule is CCN(CC)CCNC1(CN)CSCC(C)(C)C1. The van der Waals surface area contributed by atoms with Crippen molar-refractivity contribution in [2.45, 2.75) is 39.7 Å². The van der Waals surface area contributed by atoms with Crippen molar-refractivity contribution in [3.05, 3.63) is 0 Å². The average Bonchev–Trinajstić information content (AvgIpc) is 2.33. The zero-order valence-electron chi connectivity index (χ0n) is 12.6. The minimum absolute atomic E-state index is 0.152. The lowest BCUT2D eigenvalue weighted by Crippen LogP contribution is -2.59. The van der Waals surface area contributed by atoms with E-state index in [1.807, 2.05) is 11.8 Å². The molecule has 1 saturated heterocycles. The van der Waals surface area contributed by atoms with Gasteiger partial charge in [0.05, 0.1) is 0 Å². The molecule has 0 aromatic rings. The number of nitrogens with zero attached hydrogens (tertiary/aromatic N) is 1. The van der Waals surface area contributed by atoms with Crippen LogP contribution in [0.3, 0.4) is 0 Å². The summed E-state index contributed by atoms with van der Waals surface area (Å²) in [6, 6.07) is 0. The highest BCUT2D eigenvalue weighted by molar-refractivity contribution is 7.99. The van der Waals surface area contributed by atoms with Gasteiger partial charge in [-0.15, -0.1) is 0 Å². The lowest BCUT2D eigenvalue weighted by Gasteiger charge is -2.45. The Morgan fingerprint density at radius 1 is 1.22 bits per heavy atom. The third kappa shape index (κ3) is 4.72. The van der Waals surface area contributed by atoms with E-state index in [2.05, 4.69) is 37.9 Å². The van der Waals surface area contributed by atoms with E-state index in [-0.39, 0.29) is 5.54 Å². The molecule has 0 aromatic heterocycles. The highest BCUT2D eigenvalue weighted by atomic mass is 32.2. The number of hydrogen-bond donors (Lipinski definition) is 2. The van der Waals surface area contributed by atoms with Gasteiger partial charge in [0.15, 0.2) is 0 Å². The highest BCUT2D eigenvalue weighted by Gasteiger charge is 2.39. The van der Waals surface area contributed by atoms with E-state index in [1.54, 1.807) is 0 Å². The summed E-state index contributed by atoms with van der Waals surface area (Å²) in [5.41, 5.74) is 6.61. The summed E-state index contributed by atoms with van der Waals surface area (Å²) in [5, 5.41) is 3.75. The Bertz CT molecular complexity index is 241. The van der Waals surface area contributed by atoms with Gasteiger partial charge in [-0.1, -0.05) is 27.7 Å². The Hall–Kier alpha value is 0.230. The molecule has 0 amide bonds. The van der Waals surface area contributed by atoms with Gasteiger partial charge in [-0.2, -0.15) is 11.8 Å². The molecule has 3 nitrogen and oxygen atoms in total. The monoisotopic (exact) mass is 273 g/mol. The van der Waals surface area contributed by atoms with Gasteiger partial charge in [0.1, 0.15) is 0 Å². The van der Waals surface area contributed by atoms with Crippen LogP contribution in [-0.4, -0.2) is 54.7 Å². The summed E-state index contributed by atoms with van der Waals surface area (Å²) in [6.07, 6.45) is 1.20. The maximum atomic E-state index is 6.05. The molecule has 1 unspecified atom stereocenters. The first-order valence-corrected chi connectivity index (χ1v) is 8.37. The number of hydrogen-bond acceptors (Lipinski definition) is 4. The van der Waals surface area contributed by atoms with Crippen LogP contribution in [0.25, 0.3) is 0 Å². The molecule has 0 bridgehead atoms. The molecule has 1 aliphatic heterocycles. The molecule has 0 radical (unpaired) electrons. The minimum Gasteiger partial charge on any atom is -0.329 e. The fraction of sp³-hybridized carbons (Fsp3) is 1.00. The fourth-order valence-corrected chi connectivity index (χ4v) is 4.35. The summed E-state index contributed by atoms with van der Waals surface area (Å²) in [5.74, 6) is 2.41. The van der Waals surface area contributed by atoms with E-state index in [0.717, 1.165) is 38.5 Å². The number of rotatable bonds is 7. The molecule has 1 fully saturated rings. The second-order valence-corrected chi connectivity index (χ2v) is 7.26. The predicted octanol–water partition coefficient (Wildman–Crippen LogP) is 1.78. The van der Waals surface area contributed by atoms with Crippen molar-refractivity contribution in [3.63, 3.8) is 0 Å². The fourth-order valence-electron chi connectivity index (χ4n) is 2.88. The second kappa shape index (κ2) is 7.13. The normalized spacial score (nSPS) is 27.7. The third-order valence-corrected chi connectivity index (χ3v) is 5.64. The van der Waals surface area contributed by atoms with E-state index in [1.165, 1.54) is 12.2 Å². The van der Waals surface area contributed by atoms with Crippen molar-refractivity contribution in [1.29, 1.82) is 0 Å². The van der Waals surface area contributed by atoms with Gasteiger partial charge in [-0.3, -0.25) is 0 Å². The van der Waals surface area contributed by atoms with Crippen LogP contribution >= 0.6 is 11.8 Å². The highest BCUT2D eigenvalue weighted by Crippen LogP contribution is 2.38. The molecule has 1 heterocycles. The molecule has 108 valence electrons. The average molecular weight is 273 g/mol. The van der Waals surface area contributed by atoms with E-state index < -0.39 is 0 Å². The first kappa shape index (κ1) is 16.3. The van der Waals surface area contributed by atoms with Gasteiger partial charge >= 0.3 is 0 Å². The lowest BCUT2D eigenvalue weighted by atomic mass is 9.80. The van der Waals surface area contributed by atoms with Crippen LogP contribution in [0, 0.1) is 5.41 Å². The first-order chi connectivity index (χ1) is 8.47. The van der Waals surface area contributed by atoms with Crippen LogP contribution in [0.1, 0.15) is 34.1 Å². The standard InChI is InChI=1S/C14H31N3S/c1-5-17(6-2)8-7-16-14(10-15)9-13(3,4)11-18-12-14/h16H,5-12,15H2,1-4H3. The topological polar surface area (TPSA) is 41.3 Å².